The molecule has 0 atom stereocenters. The molecule has 0 aromatic heterocycles. The lowest BCUT2D eigenvalue weighted by atomic mass is 10.0. The molecular formula is C24H40. The van der Waals surface area contributed by atoms with Crippen LogP contribution < -0.4 is 0 Å². The second kappa shape index (κ2) is 15.0. The monoisotopic (exact) mass is 328 g/mol. The third-order valence-electron chi connectivity index (χ3n) is 3.45. The number of aryl methyl sites for hydroxylation is 2. The van der Waals surface area contributed by atoms with E-state index in [1.165, 1.54) is 22.3 Å². The summed E-state index contributed by atoms with van der Waals surface area (Å²) in [5.41, 5.74) is 5.54. The highest BCUT2D eigenvalue weighted by atomic mass is 14.0. The molecule has 0 unspecified atom stereocenters. The van der Waals surface area contributed by atoms with Crippen LogP contribution in [-0.4, -0.2) is 0 Å². The van der Waals surface area contributed by atoms with Crippen molar-refractivity contribution in [3.05, 3.63) is 70.8 Å². The van der Waals surface area contributed by atoms with Crippen LogP contribution >= 0.6 is 0 Å². The topological polar surface area (TPSA) is 0 Å². The van der Waals surface area contributed by atoms with E-state index < -0.39 is 0 Å². The van der Waals surface area contributed by atoms with Gasteiger partial charge in [-0.05, 0) is 36.8 Å². The van der Waals surface area contributed by atoms with Crippen LogP contribution in [0.15, 0.2) is 48.5 Å². The van der Waals surface area contributed by atoms with E-state index in [4.69, 9.17) is 0 Å². The summed E-state index contributed by atoms with van der Waals surface area (Å²) in [6, 6.07) is 17.4. The first-order chi connectivity index (χ1) is 11.4. The van der Waals surface area contributed by atoms with Gasteiger partial charge in [-0.15, -0.1) is 0 Å². The Labute approximate surface area is 152 Å². The highest BCUT2D eigenvalue weighted by Crippen LogP contribution is 2.14. The second-order valence-electron chi connectivity index (χ2n) is 6.13. The minimum atomic E-state index is 0.653. The minimum absolute atomic E-state index is 0.653. The molecule has 2 rings (SSSR count). The van der Waals surface area contributed by atoms with Crippen molar-refractivity contribution in [3.8, 4) is 0 Å². The largest absolute Gasteiger partial charge is 0.0683 e. The number of hydrogen-bond acceptors (Lipinski definition) is 0. The molecule has 0 spiro atoms. The summed E-state index contributed by atoms with van der Waals surface area (Å²) in [5, 5.41) is 0. The predicted octanol–water partition coefficient (Wildman–Crippen LogP) is 8.29. The Morgan fingerprint density at radius 1 is 0.542 bits per heavy atom. The lowest BCUT2D eigenvalue weighted by Crippen LogP contribution is -1.86. The Morgan fingerprint density at radius 2 is 1.00 bits per heavy atom. The lowest BCUT2D eigenvalue weighted by Gasteiger charge is -2.04. The van der Waals surface area contributed by atoms with Crippen LogP contribution in [-0.2, 0) is 0 Å². The summed E-state index contributed by atoms with van der Waals surface area (Å²) in [7, 11) is 0. The van der Waals surface area contributed by atoms with Crippen molar-refractivity contribution >= 4 is 0 Å². The Morgan fingerprint density at radius 3 is 1.33 bits per heavy atom. The molecular weight excluding hydrogens is 288 g/mol. The average molecular weight is 329 g/mol. The van der Waals surface area contributed by atoms with Crippen molar-refractivity contribution in [1.82, 2.24) is 0 Å². The van der Waals surface area contributed by atoms with Gasteiger partial charge in [-0.3, -0.25) is 0 Å². The molecule has 2 aromatic rings. The molecule has 2 aromatic carbocycles. The molecule has 0 saturated carbocycles. The van der Waals surface area contributed by atoms with Gasteiger partial charge in [-0.2, -0.15) is 0 Å². The SMILES string of the molecule is CC.CC.Cc1ccc(C(C)C)cc1.Cc1cccc(C(C)C)c1. The number of benzene rings is 2. The Balaban J connectivity index is 0. The standard InChI is InChI=1S/2C10H14.2C2H6/c1-8(2)10-6-4-9(3)5-7-10;1-8(2)10-6-4-5-9(3)7-10;2*1-2/h2*4-8H,1-3H3;2*1-2H3. The van der Waals surface area contributed by atoms with Crippen LogP contribution in [0.2, 0.25) is 0 Å². The quantitative estimate of drug-likeness (QED) is 0.520. The fraction of sp³-hybridized carbons (Fsp3) is 0.500. The molecule has 0 heteroatoms. The molecule has 0 saturated heterocycles. The molecule has 0 fully saturated rings. The molecule has 24 heavy (non-hydrogen) atoms. The summed E-state index contributed by atoms with van der Waals surface area (Å²) in [4.78, 5) is 0. The average Bonchev–Trinajstić information content (AvgIpc) is 2.59. The van der Waals surface area contributed by atoms with Crippen LogP contribution in [0.1, 0.15) is 89.5 Å². The summed E-state index contributed by atoms with van der Waals surface area (Å²) < 4.78 is 0. The highest BCUT2D eigenvalue weighted by Gasteiger charge is 1.96. The summed E-state index contributed by atoms with van der Waals surface area (Å²) >= 11 is 0. The highest BCUT2D eigenvalue weighted by molar-refractivity contribution is 5.24. The minimum Gasteiger partial charge on any atom is -0.0683 e. The molecule has 0 bridgehead atoms. The fourth-order valence-electron chi connectivity index (χ4n) is 1.98. The maximum Gasteiger partial charge on any atom is -0.0219 e. The van der Waals surface area contributed by atoms with Gasteiger partial charge in [-0.25, -0.2) is 0 Å². The third kappa shape index (κ3) is 11.0. The van der Waals surface area contributed by atoms with Gasteiger partial charge in [0, 0.05) is 0 Å². The smallest absolute Gasteiger partial charge is 0.0219 e. The number of rotatable bonds is 2. The Hall–Kier alpha value is -1.56. The van der Waals surface area contributed by atoms with E-state index >= 15 is 0 Å². The summed E-state index contributed by atoms with van der Waals surface area (Å²) in [6.07, 6.45) is 0. The van der Waals surface area contributed by atoms with Gasteiger partial charge in [0.2, 0.25) is 0 Å². The second-order valence-corrected chi connectivity index (χ2v) is 6.13. The van der Waals surface area contributed by atoms with Gasteiger partial charge in [0.1, 0.15) is 0 Å². The predicted molar refractivity (Wildman–Crippen MR) is 113 cm³/mol. The third-order valence-corrected chi connectivity index (χ3v) is 3.45. The van der Waals surface area contributed by atoms with Gasteiger partial charge < -0.3 is 0 Å². The zero-order valence-corrected chi connectivity index (χ0v) is 17.8. The number of hydrogen-bond donors (Lipinski definition) is 0. The Bertz CT molecular complexity index is 504. The molecule has 0 aliphatic carbocycles. The van der Waals surface area contributed by atoms with Gasteiger partial charge in [0.25, 0.3) is 0 Å². The molecule has 0 aliphatic rings. The molecule has 0 aliphatic heterocycles. The Kier molecular flexibility index (Phi) is 15.4. The van der Waals surface area contributed by atoms with Gasteiger partial charge in [0.05, 0.1) is 0 Å². The maximum absolute atomic E-state index is 2.24. The first kappa shape index (κ1) is 24.7. The normalized spacial score (nSPS) is 9.17. The van der Waals surface area contributed by atoms with E-state index in [1.54, 1.807) is 0 Å². The fourth-order valence-corrected chi connectivity index (χ4v) is 1.98. The van der Waals surface area contributed by atoms with Crippen LogP contribution in [0.4, 0.5) is 0 Å². The lowest BCUT2D eigenvalue weighted by molar-refractivity contribution is 0.865. The van der Waals surface area contributed by atoms with Gasteiger partial charge in [-0.1, -0.05) is 115 Å². The van der Waals surface area contributed by atoms with Crippen molar-refractivity contribution < 1.29 is 0 Å². The van der Waals surface area contributed by atoms with Gasteiger partial charge >= 0.3 is 0 Å². The van der Waals surface area contributed by atoms with E-state index in [9.17, 15) is 0 Å². The first-order valence-corrected chi connectivity index (χ1v) is 9.53. The summed E-state index contributed by atoms with van der Waals surface area (Å²) in [5.74, 6) is 1.31. The molecule has 136 valence electrons. The van der Waals surface area contributed by atoms with E-state index in [0.717, 1.165) is 0 Å². The van der Waals surface area contributed by atoms with Crippen molar-refractivity contribution in [1.29, 1.82) is 0 Å². The zero-order chi connectivity index (χ0) is 19.1. The van der Waals surface area contributed by atoms with Gasteiger partial charge in [0.15, 0.2) is 0 Å². The van der Waals surface area contributed by atoms with Crippen molar-refractivity contribution in [2.45, 2.75) is 81.1 Å². The summed E-state index contributed by atoms with van der Waals surface area (Å²) in [6.45, 7) is 21.1. The van der Waals surface area contributed by atoms with E-state index in [-0.39, 0.29) is 0 Å². The van der Waals surface area contributed by atoms with Crippen molar-refractivity contribution in [2.75, 3.05) is 0 Å². The maximum atomic E-state index is 2.24. The molecule has 0 amide bonds. The van der Waals surface area contributed by atoms with E-state index in [2.05, 4.69) is 90.1 Å². The van der Waals surface area contributed by atoms with E-state index in [1.807, 2.05) is 27.7 Å². The van der Waals surface area contributed by atoms with Crippen molar-refractivity contribution in [3.63, 3.8) is 0 Å². The van der Waals surface area contributed by atoms with Crippen LogP contribution in [0, 0.1) is 13.8 Å². The molecule has 0 heterocycles. The van der Waals surface area contributed by atoms with E-state index in [0.29, 0.717) is 11.8 Å². The molecule has 0 nitrogen and oxygen atoms in total. The molecule has 0 N–H and O–H groups in total. The van der Waals surface area contributed by atoms with Crippen LogP contribution in [0.5, 0.6) is 0 Å². The van der Waals surface area contributed by atoms with Crippen LogP contribution in [0.25, 0.3) is 0 Å². The van der Waals surface area contributed by atoms with Crippen LogP contribution in [0.3, 0.4) is 0 Å². The van der Waals surface area contributed by atoms with Crippen molar-refractivity contribution in [2.24, 2.45) is 0 Å². The molecule has 0 radical (unpaired) electrons. The zero-order valence-electron chi connectivity index (χ0n) is 17.8. The first-order valence-electron chi connectivity index (χ1n) is 9.53.